The lowest BCUT2D eigenvalue weighted by atomic mass is 10.0. The number of hydrogen-bond donors (Lipinski definition) is 1. The molecular weight excluding hydrogens is 302 g/mol. The molecule has 1 fully saturated rings. The van der Waals surface area contributed by atoms with E-state index in [1.54, 1.807) is 0 Å². The molecule has 3 nitrogen and oxygen atoms in total. The van der Waals surface area contributed by atoms with Crippen molar-refractivity contribution < 1.29 is 0 Å². The van der Waals surface area contributed by atoms with Crippen molar-refractivity contribution >= 4 is 21.6 Å². The van der Waals surface area contributed by atoms with Crippen LogP contribution in [0.5, 0.6) is 0 Å². The molecule has 1 saturated heterocycles. The monoisotopic (exact) mass is 325 g/mol. The molecule has 4 heteroatoms. The number of halogens is 1. The number of piperazine rings is 1. The lowest BCUT2D eigenvalue weighted by Crippen LogP contribution is -2.53. The zero-order chi connectivity index (χ0) is 14.0. The summed E-state index contributed by atoms with van der Waals surface area (Å²) >= 11 is 3.59. The molecule has 1 aliphatic heterocycles. The minimum Gasteiger partial charge on any atom is -0.398 e. The highest BCUT2D eigenvalue weighted by Gasteiger charge is 2.25. The molecule has 0 bridgehead atoms. The summed E-state index contributed by atoms with van der Waals surface area (Å²) in [4.78, 5) is 5.06. The lowest BCUT2D eigenvalue weighted by Gasteiger charge is -2.42. The van der Waals surface area contributed by atoms with Crippen molar-refractivity contribution in [1.82, 2.24) is 9.80 Å². The first kappa shape index (κ1) is 14.8. The van der Waals surface area contributed by atoms with Crippen molar-refractivity contribution in [3.8, 4) is 0 Å². The van der Waals surface area contributed by atoms with Gasteiger partial charge in [-0.25, -0.2) is 0 Å². The van der Waals surface area contributed by atoms with Crippen molar-refractivity contribution in [3.05, 3.63) is 28.2 Å². The molecule has 0 unspecified atom stereocenters. The third kappa shape index (κ3) is 3.71. The normalized spacial score (nSPS) is 18.7. The summed E-state index contributed by atoms with van der Waals surface area (Å²) in [5.41, 5.74) is 8.32. The van der Waals surface area contributed by atoms with Crippen LogP contribution in [0, 0.1) is 0 Å². The number of hydrogen-bond acceptors (Lipinski definition) is 3. The molecular formula is C15H24BrN3. The molecule has 0 saturated carbocycles. The van der Waals surface area contributed by atoms with Gasteiger partial charge in [-0.1, -0.05) is 12.1 Å². The SMILES string of the molecule is CC(C)(C)N1CCN(Cc2cccc(N)c2Br)CC1. The average molecular weight is 326 g/mol. The van der Waals surface area contributed by atoms with Crippen molar-refractivity contribution in [2.75, 3.05) is 31.9 Å². The fourth-order valence-electron chi connectivity index (χ4n) is 2.54. The Hall–Kier alpha value is -0.580. The minimum absolute atomic E-state index is 0.282. The van der Waals surface area contributed by atoms with Crippen molar-refractivity contribution in [1.29, 1.82) is 0 Å². The van der Waals surface area contributed by atoms with E-state index in [-0.39, 0.29) is 5.54 Å². The Morgan fingerprint density at radius 2 is 1.79 bits per heavy atom. The van der Waals surface area contributed by atoms with Gasteiger partial charge in [0.05, 0.1) is 0 Å². The third-order valence-corrected chi connectivity index (χ3v) is 4.79. The third-order valence-electron chi connectivity index (χ3n) is 3.82. The van der Waals surface area contributed by atoms with E-state index in [0.717, 1.165) is 42.9 Å². The summed E-state index contributed by atoms with van der Waals surface area (Å²) in [5, 5.41) is 0. The first-order valence-electron chi connectivity index (χ1n) is 6.88. The summed E-state index contributed by atoms with van der Waals surface area (Å²) in [5.74, 6) is 0. The van der Waals surface area contributed by atoms with Crippen LogP contribution in [0.15, 0.2) is 22.7 Å². The maximum atomic E-state index is 5.93. The summed E-state index contributed by atoms with van der Waals surface area (Å²) in [6.07, 6.45) is 0. The van der Waals surface area contributed by atoms with E-state index in [1.807, 2.05) is 12.1 Å². The van der Waals surface area contributed by atoms with E-state index in [2.05, 4.69) is 52.6 Å². The smallest absolute Gasteiger partial charge is 0.0461 e. The zero-order valence-corrected chi connectivity index (χ0v) is 13.7. The van der Waals surface area contributed by atoms with Gasteiger partial charge in [-0.2, -0.15) is 0 Å². The molecule has 1 aliphatic rings. The van der Waals surface area contributed by atoms with Crippen LogP contribution >= 0.6 is 15.9 Å². The highest BCUT2D eigenvalue weighted by Crippen LogP contribution is 2.25. The van der Waals surface area contributed by atoms with Crippen LogP contribution in [0.1, 0.15) is 26.3 Å². The average Bonchev–Trinajstić information content (AvgIpc) is 2.35. The molecule has 0 spiro atoms. The van der Waals surface area contributed by atoms with E-state index in [0.29, 0.717) is 0 Å². The Labute approximate surface area is 124 Å². The second-order valence-electron chi connectivity index (χ2n) is 6.25. The number of nitrogens with zero attached hydrogens (tertiary/aromatic N) is 2. The standard InChI is InChI=1S/C15H24BrN3/c1-15(2,3)19-9-7-18(8-10-19)11-12-5-4-6-13(17)14(12)16/h4-6H,7-11,17H2,1-3H3. The van der Waals surface area contributed by atoms with E-state index >= 15 is 0 Å². The van der Waals surface area contributed by atoms with E-state index in [4.69, 9.17) is 5.73 Å². The number of anilines is 1. The molecule has 1 aromatic rings. The Balaban J connectivity index is 1.94. The predicted octanol–water partition coefficient (Wildman–Crippen LogP) is 2.95. The van der Waals surface area contributed by atoms with Gasteiger partial charge in [0.1, 0.15) is 0 Å². The van der Waals surface area contributed by atoms with Gasteiger partial charge >= 0.3 is 0 Å². The fourth-order valence-corrected chi connectivity index (χ4v) is 2.93. The molecule has 0 radical (unpaired) electrons. The van der Waals surface area contributed by atoms with Gasteiger partial charge in [-0.05, 0) is 48.3 Å². The van der Waals surface area contributed by atoms with Crippen LogP contribution in [0.2, 0.25) is 0 Å². The quantitative estimate of drug-likeness (QED) is 0.848. The van der Waals surface area contributed by atoms with Gasteiger partial charge in [-0.3, -0.25) is 9.80 Å². The van der Waals surface area contributed by atoms with E-state index in [9.17, 15) is 0 Å². The molecule has 19 heavy (non-hydrogen) atoms. The number of nitrogens with two attached hydrogens (primary N) is 1. The van der Waals surface area contributed by atoms with Crippen molar-refractivity contribution in [2.24, 2.45) is 0 Å². The van der Waals surface area contributed by atoms with Crippen LogP contribution < -0.4 is 5.73 Å². The van der Waals surface area contributed by atoms with Gasteiger partial charge in [-0.15, -0.1) is 0 Å². The lowest BCUT2D eigenvalue weighted by molar-refractivity contribution is 0.0590. The first-order chi connectivity index (χ1) is 8.88. The van der Waals surface area contributed by atoms with Gasteiger partial charge in [0.15, 0.2) is 0 Å². The van der Waals surface area contributed by atoms with Crippen molar-refractivity contribution in [2.45, 2.75) is 32.9 Å². The molecule has 0 atom stereocenters. The number of nitrogen functional groups attached to an aromatic ring is 1. The number of rotatable bonds is 2. The highest BCUT2D eigenvalue weighted by atomic mass is 79.9. The van der Waals surface area contributed by atoms with E-state index in [1.165, 1.54) is 5.56 Å². The largest absolute Gasteiger partial charge is 0.398 e. The van der Waals surface area contributed by atoms with Crippen LogP contribution in [-0.4, -0.2) is 41.5 Å². The van der Waals surface area contributed by atoms with Gasteiger partial charge in [0.2, 0.25) is 0 Å². The maximum Gasteiger partial charge on any atom is 0.0461 e. The second kappa shape index (κ2) is 5.81. The molecule has 0 aliphatic carbocycles. The fraction of sp³-hybridized carbons (Fsp3) is 0.600. The van der Waals surface area contributed by atoms with Gasteiger partial charge in [0.25, 0.3) is 0 Å². The summed E-state index contributed by atoms with van der Waals surface area (Å²) < 4.78 is 1.05. The molecule has 1 heterocycles. The van der Waals surface area contributed by atoms with E-state index < -0.39 is 0 Å². The second-order valence-corrected chi connectivity index (χ2v) is 7.05. The Bertz CT molecular complexity index is 432. The van der Waals surface area contributed by atoms with Crippen LogP contribution in [-0.2, 0) is 6.54 Å². The molecule has 0 aromatic heterocycles. The Morgan fingerprint density at radius 1 is 1.16 bits per heavy atom. The van der Waals surface area contributed by atoms with Crippen molar-refractivity contribution in [3.63, 3.8) is 0 Å². The van der Waals surface area contributed by atoms with Crippen LogP contribution in [0.3, 0.4) is 0 Å². The number of benzene rings is 1. The molecule has 0 amide bonds. The molecule has 2 N–H and O–H groups in total. The van der Waals surface area contributed by atoms with Gasteiger partial charge in [0, 0.05) is 48.4 Å². The summed E-state index contributed by atoms with van der Waals surface area (Å²) in [6, 6.07) is 6.11. The minimum atomic E-state index is 0.282. The van der Waals surface area contributed by atoms with Crippen LogP contribution in [0.4, 0.5) is 5.69 Å². The topological polar surface area (TPSA) is 32.5 Å². The summed E-state index contributed by atoms with van der Waals surface area (Å²) in [6.45, 7) is 12.4. The van der Waals surface area contributed by atoms with Crippen LogP contribution in [0.25, 0.3) is 0 Å². The maximum absolute atomic E-state index is 5.93. The molecule has 1 aromatic carbocycles. The molecule has 106 valence electrons. The highest BCUT2D eigenvalue weighted by molar-refractivity contribution is 9.10. The molecule has 2 rings (SSSR count). The first-order valence-corrected chi connectivity index (χ1v) is 7.67. The summed E-state index contributed by atoms with van der Waals surface area (Å²) in [7, 11) is 0. The predicted molar refractivity (Wildman–Crippen MR) is 85.2 cm³/mol. The zero-order valence-electron chi connectivity index (χ0n) is 12.1. The van der Waals surface area contributed by atoms with Gasteiger partial charge < -0.3 is 5.73 Å². The Morgan fingerprint density at radius 3 is 2.37 bits per heavy atom. The Kier molecular flexibility index (Phi) is 4.54.